The zero-order valence-electron chi connectivity index (χ0n) is 13.0. The highest BCUT2D eigenvalue weighted by atomic mass is 16.2. The Kier molecular flexibility index (Phi) is 4.59. The van der Waals surface area contributed by atoms with E-state index in [2.05, 4.69) is 34.8 Å². The molecule has 2 rings (SSSR count). The molecule has 1 aromatic heterocycles. The Morgan fingerprint density at radius 1 is 1.38 bits per heavy atom. The fourth-order valence-electron chi connectivity index (χ4n) is 2.41. The molecule has 116 valence electrons. The summed E-state index contributed by atoms with van der Waals surface area (Å²) >= 11 is 0. The Hall–Kier alpha value is -1.92. The van der Waals surface area contributed by atoms with Crippen LogP contribution in [0.5, 0.6) is 0 Å². The average Bonchev–Trinajstić information content (AvgIpc) is 2.79. The van der Waals surface area contributed by atoms with Gasteiger partial charge in [0.15, 0.2) is 11.4 Å². The number of amides is 2. The molecule has 0 aromatic carbocycles. The van der Waals surface area contributed by atoms with E-state index in [1.807, 2.05) is 13.8 Å². The normalized spacial score (nSPS) is 17.8. The predicted molar refractivity (Wildman–Crippen MR) is 77.9 cm³/mol. The first-order chi connectivity index (χ1) is 9.88. The van der Waals surface area contributed by atoms with E-state index < -0.39 is 0 Å². The van der Waals surface area contributed by atoms with E-state index in [-0.39, 0.29) is 29.2 Å². The van der Waals surface area contributed by atoms with Crippen LogP contribution in [0.2, 0.25) is 0 Å². The molecular formula is C14H23N5O2. The van der Waals surface area contributed by atoms with Crippen LogP contribution in [0.4, 0.5) is 0 Å². The standard InChI is InChI=1S/C14H23N5O2/c1-8(2)5-10-7-19-12(14(21)16-10)11(17-18-19)13(20)15-6-9(3)4/h8-10H,5-7H2,1-4H3,(H,15,20)(H,16,21)/t10-/m0/s1. The van der Waals surface area contributed by atoms with E-state index in [9.17, 15) is 9.59 Å². The third-order valence-corrected chi connectivity index (χ3v) is 3.32. The molecular weight excluding hydrogens is 270 g/mol. The van der Waals surface area contributed by atoms with Crippen LogP contribution < -0.4 is 10.6 Å². The number of fused-ring (bicyclic) bond motifs is 1. The van der Waals surface area contributed by atoms with Crippen molar-refractivity contribution in [2.24, 2.45) is 11.8 Å². The summed E-state index contributed by atoms with van der Waals surface area (Å²) in [5, 5.41) is 13.5. The Morgan fingerprint density at radius 2 is 2.10 bits per heavy atom. The lowest BCUT2D eigenvalue weighted by Gasteiger charge is -2.25. The van der Waals surface area contributed by atoms with E-state index in [0.717, 1.165) is 6.42 Å². The molecule has 1 aliphatic rings. The second kappa shape index (κ2) is 6.24. The summed E-state index contributed by atoms with van der Waals surface area (Å²) in [5.41, 5.74) is 0.368. The van der Waals surface area contributed by atoms with Gasteiger partial charge < -0.3 is 10.6 Å². The van der Waals surface area contributed by atoms with Crippen LogP contribution in [0, 0.1) is 11.8 Å². The molecule has 2 amide bonds. The quantitative estimate of drug-likeness (QED) is 0.841. The second-order valence-corrected chi connectivity index (χ2v) is 6.37. The fraction of sp³-hybridized carbons (Fsp3) is 0.714. The van der Waals surface area contributed by atoms with Gasteiger partial charge in [0.05, 0.1) is 6.54 Å². The van der Waals surface area contributed by atoms with Crippen LogP contribution >= 0.6 is 0 Å². The highest BCUT2D eigenvalue weighted by Gasteiger charge is 2.32. The minimum absolute atomic E-state index is 0.0401. The number of rotatable bonds is 5. The minimum atomic E-state index is -0.345. The number of hydrogen-bond donors (Lipinski definition) is 2. The third kappa shape index (κ3) is 3.59. The summed E-state index contributed by atoms with van der Waals surface area (Å²) in [4.78, 5) is 24.3. The van der Waals surface area contributed by atoms with E-state index >= 15 is 0 Å². The lowest BCUT2D eigenvalue weighted by Crippen LogP contribution is -2.46. The maximum Gasteiger partial charge on any atom is 0.274 e. The van der Waals surface area contributed by atoms with Crippen LogP contribution in [0.1, 0.15) is 55.1 Å². The van der Waals surface area contributed by atoms with Crippen LogP contribution in [0.25, 0.3) is 0 Å². The van der Waals surface area contributed by atoms with Crippen molar-refractivity contribution in [1.82, 2.24) is 25.6 Å². The van der Waals surface area contributed by atoms with Crippen molar-refractivity contribution in [2.75, 3.05) is 6.54 Å². The van der Waals surface area contributed by atoms with Gasteiger partial charge in [-0.15, -0.1) is 5.10 Å². The number of aromatic nitrogens is 3. The van der Waals surface area contributed by atoms with Gasteiger partial charge in [-0.2, -0.15) is 0 Å². The highest BCUT2D eigenvalue weighted by molar-refractivity contribution is 6.05. The first kappa shape index (κ1) is 15.5. The monoisotopic (exact) mass is 293 g/mol. The fourth-order valence-corrected chi connectivity index (χ4v) is 2.41. The van der Waals surface area contributed by atoms with Gasteiger partial charge in [-0.3, -0.25) is 9.59 Å². The minimum Gasteiger partial charge on any atom is -0.350 e. The zero-order chi connectivity index (χ0) is 15.6. The molecule has 1 atom stereocenters. The Balaban J connectivity index is 2.14. The molecule has 0 unspecified atom stereocenters. The van der Waals surface area contributed by atoms with Crippen molar-refractivity contribution >= 4 is 11.8 Å². The van der Waals surface area contributed by atoms with Gasteiger partial charge in [0.25, 0.3) is 11.8 Å². The molecule has 1 aromatic rings. The molecule has 1 aliphatic heterocycles. The number of nitrogens with zero attached hydrogens (tertiary/aromatic N) is 3. The molecule has 0 bridgehead atoms. The van der Waals surface area contributed by atoms with Crippen molar-refractivity contribution in [2.45, 2.75) is 46.7 Å². The Morgan fingerprint density at radius 3 is 2.71 bits per heavy atom. The molecule has 7 nitrogen and oxygen atoms in total. The van der Waals surface area contributed by atoms with Crippen molar-refractivity contribution in [3.63, 3.8) is 0 Å². The first-order valence-electron chi connectivity index (χ1n) is 7.41. The first-order valence-corrected chi connectivity index (χ1v) is 7.41. The molecule has 0 saturated carbocycles. The molecule has 0 spiro atoms. The molecule has 0 saturated heterocycles. The second-order valence-electron chi connectivity index (χ2n) is 6.37. The van der Waals surface area contributed by atoms with E-state index in [4.69, 9.17) is 0 Å². The van der Waals surface area contributed by atoms with Gasteiger partial charge in [-0.1, -0.05) is 32.9 Å². The number of nitrogens with one attached hydrogen (secondary N) is 2. The summed E-state index contributed by atoms with van der Waals surface area (Å²) in [6.07, 6.45) is 0.875. The van der Waals surface area contributed by atoms with E-state index in [1.54, 1.807) is 0 Å². The maximum atomic E-state index is 12.2. The number of carbonyl (C=O) groups is 2. The lowest BCUT2D eigenvalue weighted by atomic mass is 10.0. The summed E-state index contributed by atoms with van der Waals surface area (Å²) in [7, 11) is 0. The summed E-state index contributed by atoms with van der Waals surface area (Å²) in [6, 6.07) is 0.0401. The molecule has 2 N–H and O–H groups in total. The SMILES string of the molecule is CC(C)CNC(=O)c1nnn2c1C(=O)N[C@@H](CC(C)C)C2. The summed E-state index contributed by atoms with van der Waals surface area (Å²) in [6.45, 7) is 9.32. The van der Waals surface area contributed by atoms with Crippen LogP contribution in [0.3, 0.4) is 0 Å². The topological polar surface area (TPSA) is 88.9 Å². The van der Waals surface area contributed by atoms with Gasteiger partial charge in [0.1, 0.15) is 0 Å². The van der Waals surface area contributed by atoms with Crippen LogP contribution in [0.15, 0.2) is 0 Å². The smallest absolute Gasteiger partial charge is 0.274 e. The molecule has 0 aliphatic carbocycles. The van der Waals surface area contributed by atoms with Crippen molar-refractivity contribution < 1.29 is 9.59 Å². The molecule has 7 heteroatoms. The zero-order valence-corrected chi connectivity index (χ0v) is 13.0. The van der Waals surface area contributed by atoms with Gasteiger partial charge in [0.2, 0.25) is 0 Å². The Bertz CT molecular complexity index is 535. The van der Waals surface area contributed by atoms with E-state index in [0.29, 0.717) is 24.9 Å². The Labute approximate surface area is 124 Å². The number of hydrogen-bond acceptors (Lipinski definition) is 4. The number of carbonyl (C=O) groups excluding carboxylic acids is 2. The highest BCUT2D eigenvalue weighted by Crippen LogP contribution is 2.16. The van der Waals surface area contributed by atoms with E-state index in [1.165, 1.54) is 4.68 Å². The van der Waals surface area contributed by atoms with Gasteiger partial charge in [-0.25, -0.2) is 4.68 Å². The van der Waals surface area contributed by atoms with Gasteiger partial charge >= 0.3 is 0 Å². The average molecular weight is 293 g/mol. The molecule has 0 radical (unpaired) electrons. The van der Waals surface area contributed by atoms with Crippen LogP contribution in [-0.2, 0) is 6.54 Å². The molecule has 21 heavy (non-hydrogen) atoms. The van der Waals surface area contributed by atoms with Crippen molar-refractivity contribution in [1.29, 1.82) is 0 Å². The summed E-state index contributed by atoms with van der Waals surface area (Å²) < 4.78 is 1.54. The maximum absolute atomic E-state index is 12.2. The van der Waals surface area contributed by atoms with Gasteiger partial charge in [-0.05, 0) is 18.3 Å². The van der Waals surface area contributed by atoms with Crippen molar-refractivity contribution in [3.8, 4) is 0 Å². The summed E-state index contributed by atoms with van der Waals surface area (Å²) in [5.74, 6) is 0.202. The molecule has 2 heterocycles. The third-order valence-electron chi connectivity index (χ3n) is 3.32. The van der Waals surface area contributed by atoms with Crippen molar-refractivity contribution in [3.05, 3.63) is 11.4 Å². The van der Waals surface area contributed by atoms with Gasteiger partial charge in [0, 0.05) is 12.6 Å². The largest absolute Gasteiger partial charge is 0.350 e. The molecule has 0 fully saturated rings. The lowest BCUT2D eigenvalue weighted by molar-refractivity contribution is 0.0869. The van der Waals surface area contributed by atoms with Crippen LogP contribution in [-0.4, -0.2) is 39.4 Å². The predicted octanol–water partition coefficient (Wildman–Crippen LogP) is 0.822.